The highest BCUT2D eigenvalue weighted by molar-refractivity contribution is 5.83. The number of carbonyl (C=O) groups is 1. The molecule has 10 heteroatoms. The lowest BCUT2D eigenvalue weighted by Gasteiger charge is -2.41. The summed E-state index contributed by atoms with van der Waals surface area (Å²) < 4.78 is 66.5. The van der Waals surface area contributed by atoms with Gasteiger partial charge in [0.2, 0.25) is 5.91 Å². The molecular weight excluding hydrogens is 443 g/mol. The van der Waals surface area contributed by atoms with Crippen LogP contribution in [0.2, 0.25) is 0 Å². The Labute approximate surface area is 191 Å². The molecule has 0 bridgehead atoms. The van der Waals surface area contributed by atoms with Crippen molar-refractivity contribution in [2.75, 3.05) is 19.6 Å². The molecule has 2 aliphatic heterocycles. The number of carbonyl (C=O) groups excluding carboxylic acids is 1. The van der Waals surface area contributed by atoms with Gasteiger partial charge in [-0.1, -0.05) is 0 Å². The van der Waals surface area contributed by atoms with Gasteiger partial charge in [0.25, 0.3) is 5.92 Å². The molecule has 1 amide bonds. The number of likely N-dealkylation sites (tertiary alicyclic amines) is 2. The minimum atomic E-state index is -4.16. The predicted octanol–water partition coefficient (Wildman–Crippen LogP) is 4.41. The number of hydrogen-bond acceptors (Lipinski definition) is 3. The van der Waals surface area contributed by atoms with Crippen LogP contribution in [0.4, 0.5) is 22.0 Å². The average molecular weight is 479 g/mol. The topological polar surface area (TPSA) is 73.4 Å². The average Bonchev–Trinajstić information content (AvgIpc) is 3.10. The fourth-order valence-electron chi connectivity index (χ4n) is 6.57. The van der Waals surface area contributed by atoms with Crippen LogP contribution in [0.3, 0.4) is 0 Å². The predicted molar refractivity (Wildman–Crippen MR) is 114 cm³/mol. The number of hydrogen-bond donors (Lipinski definition) is 2. The maximum atomic E-state index is 13.6. The number of amides is 1. The van der Waals surface area contributed by atoms with Gasteiger partial charge in [0, 0.05) is 44.4 Å². The smallest absolute Gasteiger partial charge is 0.387 e. The van der Waals surface area contributed by atoms with E-state index in [2.05, 4.69) is 4.90 Å². The molecule has 0 aromatic carbocycles. The van der Waals surface area contributed by atoms with E-state index in [9.17, 15) is 26.7 Å². The van der Waals surface area contributed by atoms with E-state index >= 15 is 0 Å². The van der Waals surface area contributed by atoms with Crippen LogP contribution in [0.25, 0.3) is 0 Å². The molecule has 188 valence electrons. The third-order valence-electron chi connectivity index (χ3n) is 8.62. The standard InChI is InChI=1S/C23H35F5N4O/c24-22(25)7-9-31(10-8-22)21(33)19-11-15-3-4-16(20(29)30)12-18(15)32(19)13-14-1-5-17(6-2-14)23(26,27)28/h14-19H,1-13H2,(H3,29,30). The van der Waals surface area contributed by atoms with Crippen LogP contribution in [-0.4, -0.2) is 65.4 Å². The van der Waals surface area contributed by atoms with E-state index in [4.69, 9.17) is 11.1 Å². The fourth-order valence-corrected chi connectivity index (χ4v) is 6.57. The summed E-state index contributed by atoms with van der Waals surface area (Å²) >= 11 is 0. The first-order valence-corrected chi connectivity index (χ1v) is 12.3. The summed E-state index contributed by atoms with van der Waals surface area (Å²) in [6, 6.07) is -0.356. The lowest BCUT2D eigenvalue weighted by atomic mass is 9.77. The quantitative estimate of drug-likeness (QED) is 0.357. The molecule has 2 saturated carbocycles. The van der Waals surface area contributed by atoms with Crippen LogP contribution < -0.4 is 5.73 Å². The minimum Gasteiger partial charge on any atom is -0.387 e. The summed E-state index contributed by atoms with van der Waals surface area (Å²) in [5, 5.41) is 7.88. The second-order valence-electron chi connectivity index (χ2n) is 10.7. The Morgan fingerprint density at radius 1 is 1.00 bits per heavy atom. The molecule has 33 heavy (non-hydrogen) atoms. The lowest BCUT2D eigenvalue weighted by Crippen LogP contribution is -2.53. The molecule has 3 N–H and O–H groups in total. The Kier molecular flexibility index (Phi) is 6.95. The van der Waals surface area contributed by atoms with Gasteiger partial charge in [-0.3, -0.25) is 15.1 Å². The first kappa shape index (κ1) is 24.7. The number of fused-ring (bicyclic) bond motifs is 1. The number of amidine groups is 1. The molecule has 4 atom stereocenters. The Balaban J connectivity index is 1.47. The van der Waals surface area contributed by atoms with Crippen LogP contribution in [0.5, 0.6) is 0 Å². The van der Waals surface area contributed by atoms with Gasteiger partial charge in [-0.25, -0.2) is 8.78 Å². The second kappa shape index (κ2) is 9.30. The van der Waals surface area contributed by atoms with E-state index in [0.29, 0.717) is 32.2 Å². The molecule has 4 unspecified atom stereocenters. The minimum absolute atomic E-state index is 0.0399. The van der Waals surface area contributed by atoms with E-state index in [-0.39, 0.29) is 74.3 Å². The molecule has 0 spiro atoms. The van der Waals surface area contributed by atoms with E-state index in [1.165, 1.54) is 0 Å². The number of nitrogens with two attached hydrogens (primary N) is 1. The fraction of sp³-hybridized carbons (Fsp3) is 0.913. The summed E-state index contributed by atoms with van der Waals surface area (Å²) in [5.74, 6) is -3.64. The van der Waals surface area contributed by atoms with Gasteiger partial charge >= 0.3 is 6.18 Å². The lowest BCUT2D eigenvalue weighted by molar-refractivity contribution is -0.184. The first-order valence-electron chi connectivity index (χ1n) is 12.3. The van der Waals surface area contributed by atoms with Gasteiger partial charge in [-0.15, -0.1) is 0 Å². The van der Waals surface area contributed by atoms with Crippen LogP contribution in [-0.2, 0) is 4.79 Å². The maximum absolute atomic E-state index is 13.6. The third-order valence-corrected chi connectivity index (χ3v) is 8.62. The molecule has 2 saturated heterocycles. The zero-order valence-corrected chi connectivity index (χ0v) is 18.9. The Bertz CT molecular complexity index is 727. The van der Waals surface area contributed by atoms with Crippen LogP contribution in [0, 0.1) is 29.1 Å². The number of rotatable bonds is 4. The van der Waals surface area contributed by atoms with Crippen molar-refractivity contribution >= 4 is 11.7 Å². The Morgan fingerprint density at radius 2 is 1.64 bits per heavy atom. The largest absolute Gasteiger partial charge is 0.391 e. The maximum Gasteiger partial charge on any atom is 0.391 e. The molecule has 0 radical (unpaired) electrons. The number of alkyl halides is 5. The molecule has 2 aliphatic carbocycles. The molecule has 0 aromatic rings. The van der Waals surface area contributed by atoms with Crippen molar-refractivity contribution in [3.63, 3.8) is 0 Å². The number of nitrogens with one attached hydrogen (secondary N) is 1. The highest BCUT2D eigenvalue weighted by Gasteiger charge is 2.50. The zero-order chi connectivity index (χ0) is 24.0. The van der Waals surface area contributed by atoms with Crippen molar-refractivity contribution < 1.29 is 26.7 Å². The SMILES string of the molecule is N=C(N)C1CCC2CC(C(=O)N3CCC(F)(F)CC3)N(CC3CCC(C(F)(F)F)CC3)C2C1. The number of piperidine rings is 1. The molecule has 2 heterocycles. The van der Waals surface area contributed by atoms with Crippen molar-refractivity contribution in [1.82, 2.24) is 9.80 Å². The number of nitrogens with zero attached hydrogens (tertiary/aromatic N) is 2. The highest BCUT2D eigenvalue weighted by atomic mass is 19.4. The monoisotopic (exact) mass is 478 g/mol. The van der Waals surface area contributed by atoms with Gasteiger partial charge in [-0.05, 0) is 63.2 Å². The molecule has 4 rings (SSSR count). The number of halogens is 5. The summed E-state index contributed by atoms with van der Waals surface area (Å²) in [7, 11) is 0. The van der Waals surface area contributed by atoms with Gasteiger partial charge in [0.1, 0.15) is 0 Å². The van der Waals surface area contributed by atoms with Gasteiger partial charge < -0.3 is 10.6 Å². The molecular formula is C23H35F5N4O. The normalized spacial score (nSPS) is 37.5. The van der Waals surface area contributed by atoms with E-state index < -0.39 is 24.1 Å². The van der Waals surface area contributed by atoms with Crippen LogP contribution >= 0.6 is 0 Å². The van der Waals surface area contributed by atoms with Gasteiger partial charge in [-0.2, -0.15) is 13.2 Å². The van der Waals surface area contributed by atoms with E-state index in [1.54, 1.807) is 4.90 Å². The van der Waals surface area contributed by atoms with Crippen molar-refractivity contribution in [3.05, 3.63) is 0 Å². The second-order valence-corrected chi connectivity index (χ2v) is 10.7. The molecule has 4 aliphatic rings. The van der Waals surface area contributed by atoms with E-state index in [0.717, 1.165) is 12.8 Å². The van der Waals surface area contributed by atoms with Crippen LogP contribution in [0.1, 0.15) is 64.2 Å². The van der Waals surface area contributed by atoms with Crippen molar-refractivity contribution in [2.45, 2.75) is 88.4 Å². The highest BCUT2D eigenvalue weighted by Crippen LogP contribution is 2.45. The zero-order valence-electron chi connectivity index (χ0n) is 18.9. The Hall–Kier alpha value is -1.45. The molecule has 4 fully saturated rings. The summed E-state index contributed by atoms with van der Waals surface area (Å²) in [6.45, 7) is 0.632. The summed E-state index contributed by atoms with van der Waals surface area (Å²) in [6.07, 6.45) is -0.631. The molecule has 5 nitrogen and oxygen atoms in total. The van der Waals surface area contributed by atoms with Gasteiger partial charge in [0.05, 0.1) is 17.8 Å². The van der Waals surface area contributed by atoms with E-state index in [1.807, 2.05) is 0 Å². The third kappa shape index (κ3) is 5.46. The summed E-state index contributed by atoms with van der Waals surface area (Å²) in [4.78, 5) is 17.1. The first-order chi connectivity index (χ1) is 15.4. The van der Waals surface area contributed by atoms with Crippen molar-refractivity contribution in [2.24, 2.45) is 29.4 Å². The van der Waals surface area contributed by atoms with Crippen molar-refractivity contribution in [3.8, 4) is 0 Å². The van der Waals surface area contributed by atoms with Crippen molar-refractivity contribution in [1.29, 1.82) is 5.41 Å². The van der Waals surface area contributed by atoms with Crippen LogP contribution in [0.15, 0.2) is 0 Å². The summed E-state index contributed by atoms with van der Waals surface area (Å²) in [5.41, 5.74) is 5.78. The van der Waals surface area contributed by atoms with Gasteiger partial charge in [0.15, 0.2) is 0 Å². The molecule has 0 aromatic heterocycles. The Morgan fingerprint density at radius 3 is 2.21 bits per heavy atom.